The molecule has 5 heteroatoms. The Kier molecular flexibility index (Phi) is 3.88. The highest BCUT2D eigenvalue weighted by molar-refractivity contribution is 5.96. The van der Waals surface area contributed by atoms with Crippen molar-refractivity contribution in [3.63, 3.8) is 0 Å². The smallest absolute Gasteiger partial charge is 0.217 e. The zero-order chi connectivity index (χ0) is 15.7. The van der Waals surface area contributed by atoms with Gasteiger partial charge in [-0.2, -0.15) is 0 Å². The van der Waals surface area contributed by atoms with Crippen molar-refractivity contribution in [2.75, 3.05) is 25.1 Å². The van der Waals surface area contributed by atoms with Gasteiger partial charge in [0.25, 0.3) is 0 Å². The molecule has 22 heavy (non-hydrogen) atoms. The topological polar surface area (TPSA) is 68.5 Å². The molecule has 5 nitrogen and oxygen atoms in total. The molecule has 1 unspecified atom stereocenters. The first-order valence-corrected chi connectivity index (χ1v) is 7.55. The molecule has 1 aliphatic heterocycles. The van der Waals surface area contributed by atoms with Crippen molar-refractivity contribution >= 4 is 22.5 Å². The van der Waals surface area contributed by atoms with Crippen molar-refractivity contribution in [2.24, 2.45) is 11.7 Å². The number of ether oxygens (including phenoxy) is 1. The van der Waals surface area contributed by atoms with Crippen LogP contribution in [0.5, 0.6) is 5.75 Å². The van der Waals surface area contributed by atoms with E-state index in [9.17, 15) is 4.79 Å². The number of para-hydroxylation sites is 1. The largest absolute Gasteiger partial charge is 0.494 e. The molecule has 3 rings (SSSR count). The average Bonchev–Trinajstić information content (AvgIpc) is 2.93. The first kappa shape index (κ1) is 14.6. The van der Waals surface area contributed by atoms with Gasteiger partial charge < -0.3 is 15.4 Å². The third kappa shape index (κ3) is 2.58. The maximum absolute atomic E-state index is 11.1. The van der Waals surface area contributed by atoms with Crippen LogP contribution in [-0.4, -0.2) is 31.1 Å². The van der Waals surface area contributed by atoms with Crippen LogP contribution < -0.4 is 15.4 Å². The number of anilines is 1. The van der Waals surface area contributed by atoms with Gasteiger partial charge in [-0.1, -0.05) is 12.1 Å². The number of nitrogens with two attached hydrogens (primary N) is 1. The van der Waals surface area contributed by atoms with Gasteiger partial charge in [0, 0.05) is 31.1 Å². The maximum Gasteiger partial charge on any atom is 0.217 e. The summed E-state index contributed by atoms with van der Waals surface area (Å²) >= 11 is 0. The van der Waals surface area contributed by atoms with E-state index >= 15 is 0 Å². The average molecular weight is 299 g/mol. The Morgan fingerprint density at radius 2 is 2.32 bits per heavy atom. The van der Waals surface area contributed by atoms with Gasteiger partial charge in [0.15, 0.2) is 0 Å². The van der Waals surface area contributed by atoms with Crippen molar-refractivity contribution in [3.8, 4) is 5.75 Å². The highest BCUT2D eigenvalue weighted by atomic mass is 16.5. The Morgan fingerprint density at radius 3 is 3.05 bits per heavy atom. The first-order chi connectivity index (χ1) is 10.6. The van der Waals surface area contributed by atoms with Crippen LogP contribution >= 0.6 is 0 Å². The predicted molar refractivity (Wildman–Crippen MR) is 87.2 cm³/mol. The lowest BCUT2D eigenvalue weighted by atomic mass is 10.0. The molecular weight excluding hydrogens is 278 g/mol. The normalized spacial score (nSPS) is 17.9. The van der Waals surface area contributed by atoms with Gasteiger partial charge >= 0.3 is 0 Å². The lowest BCUT2D eigenvalue weighted by molar-refractivity contribution is -0.118. The Morgan fingerprint density at radius 1 is 1.50 bits per heavy atom. The van der Waals surface area contributed by atoms with Crippen LogP contribution in [0.1, 0.15) is 18.4 Å². The van der Waals surface area contributed by atoms with Crippen molar-refractivity contribution in [1.29, 1.82) is 0 Å². The molecule has 1 amide bonds. The number of hydrogen-bond acceptors (Lipinski definition) is 4. The maximum atomic E-state index is 11.1. The zero-order valence-corrected chi connectivity index (χ0v) is 13.0. The fourth-order valence-electron chi connectivity index (χ4n) is 3.35. The lowest BCUT2D eigenvalue weighted by Gasteiger charge is -2.23. The summed E-state index contributed by atoms with van der Waals surface area (Å²) in [4.78, 5) is 18.0. The molecule has 1 atom stereocenters. The Bertz CT molecular complexity index is 714. The quantitative estimate of drug-likeness (QED) is 0.940. The van der Waals surface area contributed by atoms with E-state index in [1.165, 1.54) is 5.69 Å². The van der Waals surface area contributed by atoms with Gasteiger partial charge in [-0.15, -0.1) is 0 Å². The van der Waals surface area contributed by atoms with Gasteiger partial charge in [-0.05, 0) is 30.9 Å². The van der Waals surface area contributed by atoms with Gasteiger partial charge in [-0.3, -0.25) is 9.78 Å². The summed E-state index contributed by atoms with van der Waals surface area (Å²) in [6.45, 7) is 3.87. The van der Waals surface area contributed by atoms with Crippen LogP contribution in [0, 0.1) is 12.8 Å². The number of carbonyl (C=O) groups excluding carboxylic acids is 1. The summed E-state index contributed by atoms with van der Waals surface area (Å²) < 4.78 is 5.42. The van der Waals surface area contributed by atoms with E-state index in [-0.39, 0.29) is 5.91 Å². The fraction of sp³-hybridized carbons (Fsp3) is 0.412. The van der Waals surface area contributed by atoms with Crippen LogP contribution in [0.2, 0.25) is 0 Å². The van der Waals surface area contributed by atoms with Crippen molar-refractivity contribution in [2.45, 2.75) is 19.8 Å². The minimum atomic E-state index is -0.218. The number of fused-ring (bicyclic) bond motifs is 1. The van der Waals surface area contributed by atoms with Crippen LogP contribution in [0.15, 0.2) is 24.4 Å². The number of benzene rings is 1. The standard InChI is InChI=1S/C17H21N3O2/c1-11-9-19-16-13(4-3-5-14(16)22-2)17(11)20-7-6-12(10-20)8-15(18)21/h3-5,9,12H,6-8,10H2,1-2H3,(H2,18,21). The van der Waals surface area contributed by atoms with Gasteiger partial charge in [-0.25, -0.2) is 0 Å². The number of nitrogens with zero attached hydrogens (tertiary/aromatic N) is 2. The highest BCUT2D eigenvalue weighted by Crippen LogP contribution is 2.36. The molecule has 2 heterocycles. The van der Waals surface area contributed by atoms with Crippen LogP contribution in [-0.2, 0) is 4.79 Å². The molecule has 116 valence electrons. The molecule has 1 aliphatic rings. The Balaban J connectivity index is 2.00. The van der Waals surface area contributed by atoms with E-state index in [0.29, 0.717) is 12.3 Å². The minimum Gasteiger partial charge on any atom is -0.494 e. The van der Waals surface area contributed by atoms with E-state index in [1.807, 2.05) is 18.3 Å². The Hall–Kier alpha value is -2.30. The van der Waals surface area contributed by atoms with Crippen LogP contribution in [0.4, 0.5) is 5.69 Å². The van der Waals surface area contributed by atoms with E-state index in [1.54, 1.807) is 7.11 Å². The molecule has 1 fully saturated rings. The van der Waals surface area contributed by atoms with Gasteiger partial charge in [0.1, 0.15) is 11.3 Å². The molecular formula is C17H21N3O2. The molecule has 0 radical (unpaired) electrons. The van der Waals surface area contributed by atoms with E-state index in [0.717, 1.165) is 41.7 Å². The number of hydrogen-bond donors (Lipinski definition) is 1. The number of methoxy groups -OCH3 is 1. The summed E-state index contributed by atoms with van der Waals surface area (Å²) in [6, 6.07) is 5.99. The van der Waals surface area contributed by atoms with E-state index in [4.69, 9.17) is 10.5 Å². The van der Waals surface area contributed by atoms with E-state index in [2.05, 4.69) is 22.9 Å². The molecule has 0 bridgehead atoms. The zero-order valence-electron chi connectivity index (χ0n) is 13.0. The van der Waals surface area contributed by atoms with Crippen molar-refractivity contribution in [3.05, 3.63) is 30.0 Å². The number of pyridine rings is 1. The summed E-state index contributed by atoms with van der Waals surface area (Å²) in [5.41, 5.74) is 8.54. The molecule has 2 N–H and O–H groups in total. The highest BCUT2D eigenvalue weighted by Gasteiger charge is 2.26. The fourth-order valence-corrected chi connectivity index (χ4v) is 3.35. The summed E-state index contributed by atoms with van der Waals surface area (Å²) in [5.74, 6) is 0.905. The predicted octanol–water partition coefficient (Wildman–Crippen LogP) is 2.25. The third-order valence-electron chi connectivity index (χ3n) is 4.33. The summed E-state index contributed by atoms with van der Waals surface area (Å²) in [7, 11) is 1.66. The second-order valence-corrected chi connectivity index (χ2v) is 5.92. The second kappa shape index (κ2) is 5.83. The molecule has 1 aromatic carbocycles. The molecule has 1 aromatic heterocycles. The van der Waals surface area contributed by atoms with Gasteiger partial charge in [0.2, 0.25) is 5.91 Å². The molecule has 0 saturated carbocycles. The first-order valence-electron chi connectivity index (χ1n) is 7.55. The number of rotatable bonds is 4. The van der Waals surface area contributed by atoms with Crippen LogP contribution in [0.25, 0.3) is 10.9 Å². The lowest BCUT2D eigenvalue weighted by Crippen LogP contribution is -2.23. The number of aromatic nitrogens is 1. The molecule has 1 saturated heterocycles. The molecule has 0 spiro atoms. The number of primary amides is 1. The summed E-state index contributed by atoms with van der Waals surface area (Å²) in [6.07, 6.45) is 3.35. The SMILES string of the molecule is COc1cccc2c(N3CCC(CC(N)=O)C3)c(C)cnc12. The monoisotopic (exact) mass is 299 g/mol. The minimum absolute atomic E-state index is 0.218. The summed E-state index contributed by atoms with van der Waals surface area (Å²) in [5, 5.41) is 1.10. The van der Waals surface area contributed by atoms with Crippen molar-refractivity contribution in [1.82, 2.24) is 4.98 Å². The number of amides is 1. The third-order valence-corrected chi connectivity index (χ3v) is 4.33. The Labute approximate surface area is 130 Å². The molecule has 0 aliphatic carbocycles. The second-order valence-electron chi connectivity index (χ2n) is 5.92. The molecule has 2 aromatic rings. The van der Waals surface area contributed by atoms with Crippen LogP contribution in [0.3, 0.4) is 0 Å². The van der Waals surface area contributed by atoms with Gasteiger partial charge in [0.05, 0.1) is 12.8 Å². The number of aryl methyl sites for hydroxylation is 1. The van der Waals surface area contributed by atoms with Crippen molar-refractivity contribution < 1.29 is 9.53 Å². The van der Waals surface area contributed by atoms with E-state index < -0.39 is 0 Å². The number of carbonyl (C=O) groups is 1.